The van der Waals surface area contributed by atoms with Gasteiger partial charge >= 0.3 is 5.97 Å². The van der Waals surface area contributed by atoms with Crippen molar-refractivity contribution in [3.63, 3.8) is 0 Å². The number of ether oxygens (including phenoxy) is 3. The van der Waals surface area contributed by atoms with E-state index in [-0.39, 0.29) is 71.0 Å². The molecule has 1 aliphatic rings. The zero-order valence-corrected chi connectivity index (χ0v) is 23.9. The Kier molecular flexibility index (Phi) is 8.43. The minimum absolute atomic E-state index is 0.0851. The number of aromatic carboxylic acids is 1. The number of carbonyl (C=O) groups is 2. The Morgan fingerprint density at radius 3 is 2.49 bits per heavy atom. The Bertz CT molecular complexity index is 1800. The maximum absolute atomic E-state index is 14.1. The van der Waals surface area contributed by atoms with Gasteiger partial charge in [0.05, 0.1) is 26.0 Å². The van der Waals surface area contributed by atoms with Gasteiger partial charge in [0.15, 0.2) is 5.69 Å². The van der Waals surface area contributed by atoms with Crippen LogP contribution in [0.1, 0.15) is 26.4 Å². The van der Waals surface area contributed by atoms with E-state index in [2.05, 4.69) is 10.4 Å². The van der Waals surface area contributed by atoms with E-state index in [1.165, 1.54) is 60.8 Å². The van der Waals surface area contributed by atoms with Gasteiger partial charge < -0.3 is 24.6 Å². The van der Waals surface area contributed by atoms with E-state index < -0.39 is 27.7 Å². The lowest BCUT2D eigenvalue weighted by Gasteiger charge is -2.27. The number of amides is 1. The molecule has 5 rings (SSSR count). The van der Waals surface area contributed by atoms with Crippen LogP contribution >= 0.6 is 0 Å². The van der Waals surface area contributed by atoms with Crippen molar-refractivity contribution in [3.8, 4) is 23.1 Å². The molecule has 1 aliphatic heterocycles. The first kappa shape index (κ1) is 29.7. The molecule has 3 aromatic carbocycles. The van der Waals surface area contributed by atoms with Gasteiger partial charge in [-0.3, -0.25) is 4.79 Å². The maximum Gasteiger partial charge on any atom is 0.356 e. The Hall–Kier alpha value is -4.79. The van der Waals surface area contributed by atoms with Gasteiger partial charge in [0.2, 0.25) is 15.9 Å². The topological polar surface area (TPSA) is 149 Å². The zero-order valence-electron chi connectivity index (χ0n) is 23.1. The van der Waals surface area contributed by atoms with E-state index >= 15 is 0 Å². The van der Waals surface area contributed by atoms with Gasteiger partial charge in [-0.05, 0) is 61.5 Å². The second-order valence-electron chi connectivity index (χ2n) is 9.44. The molecular formula is C29H27FN4O8S. The molecule has 0 atom stereocenters. The van der Waals surface area contributed by atoms with Gasteiger partial charge in [0, 0.05) is 29.9 Å². The van der Waals surface area contributed by atoms with Gasteiger partial charge in [0.1, 0.15) is 22.2 Å². The number of sulfonamides is 1. The molecule has 1 fully saturated rings. The summed E-state index contributed by atoms with van der Waals surface area (Å²) in [4.78, 5) is 24.6. The van der Waals surface area contributed by atoms with E-state index in [1.807, 2.05) is 0 Å². The number of hydrogen-bond acceptors (Lipinski definition) is 8. The number of nitrogens with zero attached hydrogens (tertiary/aromatic N) is 3. The van der Waals surface area contributed by atoms with Crippen LogP contribution in [0.5, 0.6) is 17.4 Å². The molecule has 0 saturated carbocycles. The molecular weight excluding hydrogens is 583 g/mol. The summed E-state index contributed by atoms with van der Waals surface area (Å²) in [6.45, 7) is 2.00. The Labute approximate surface area is 246 Å². The van der Waals surface area contributed by atoms with Crippen LogP contribution in [0.25, 0.3) is 5.69 Å². The van der Waals surface area contributed by atoms with Crippen molar-refractivity contribution in [2.24, 2.45) is 0 Å². The monoisotopic (exact) mass is 610 g/mol. The molecule has 1 aromatic heterocycles. The molecule has 0 bridgehead atoms. The van der Waals surface area contributed by atoms with Crippen molar-refractivity contribution in [3.05, 3.63) is 89.4 Å². The van der Waals surface area contributed by atoms with Crippen molar-refractivity contribution in [2.75, 3.05) is 38.7 Å². The molecule has 12 nitrogen and oxygen atoms in total. The summed E-state index contributed by atoms with van der Waals surface area (Å²) in [5.74, 6) is -2.28. The van der Waals surface area contributed by atoms with Gasteiger partial charge in [-0.2, -0.15) is 14.1 Å². The van der Waals surface area contributed by atoms with E-state index in [0.29, 0.717) is 5.75 Å². The molecule has 0 aliphatic carbocycles. The minimum atomic E-state index is -4.20. The number of hydrogen-bond donors (Lipinski definition) is 2. The number of benzene rings is 3. The summed E-state index contributed by atoms with van der Waals surface area (Å²) >= 11 is 0. The highest BCUT2D eigenvalue weighted by Gasteiger charge is 2.32. The zero-order chi connectivity index (χ0) is 30.7. The number of nitrogens with one attached hydrogen (secondary N) is 1. The highest BCUT2D eigenvalue weighted by atomic mass is 32.2. The molecule has 0 unspecified atom stereocenters. The van der Waals surface area contributed by atoms with Crippen LogP contribution in [0.15, 0.2) is 71.6 Å². The normalized spacial score (nSPS) is 13.8. The van der Waals surface area contributed by atoms with Gasteiger partial charge in [-0.25, -0.2) is 17.6 Å². The molecule has 224 valence electrons. The number of morpholine rings is 1. The average molecular weight is 611 g/mol. The summed E-state index contributed by atoms with van der Waals surface area (Å²) in [5, 5.41) is 16.5. The summed E-state index contributed by atoms with van der Waals surface area (Å²) in [6, 6.07) is 15.8. The van der Waals surface area contributed by atoms with Crippen molar-refractivity contribution in [2.45, 2.75) is 11.8 Å². The lowest BCUT2D eigenvalue weighted by atomic mass is 10.2. The number of aromatic nitrogens is 2. The standard InChI is InChI=1S/C29H27FN4O8S/c1-18-26(29(36)37)32-34(22-7-4-6-20(30)16-22)28(18)42-24-10-9-21(31-27(35)19-5-3-8-23(15-19)40-2)17-25(24)43(38,39)33-11-13-41-14-12-33/h3-10,15-17H,11-14H2,1-2H3,(H,31,35)(H,36,37). The summed E-state index contributed by atoms with van der Waals surface area (Å²) in [7, 11) is -2.73. The lowest BCUT2D eigenvalue weighted by molar-refractivity contribution is 0.0689. The number of methoxy groups -OCH3 is 1. The minimum Gasteiger partial charge on any atom is -0.497 e. The first-order valence-electron chi connectivity index (χ1n) is 13.0. The molecule has 2 N–H and O–H groups in total. The van der Waals surface area contributed by atoms with Crippen LogP contribution in [0.4, 0.5) is 10.1 Å². The molecule has 1 amide bonds. The van der Waals surface area contributed by atoms with E-state index in [0.717, 1.165) is 10.7 Å². The predicted molar refractivity (Wildman–Crippen MR) is 152 cm³/mol. The highest BCUT2D eigenvalue weighted by Crippen LogP contribution is 2.37. The Morgan fingerprint density at radius 1 is 1.05 bits per heavy atom. The third-order valence-electron chi connectivity index (χ3n) is 6.65. The van der Waals surface area contributed by atoms with Crippen LogP contribution in [-0.2, 0) is 14.8 Å². The molecule has 43 heavy (non-hydrogen) atoms. The quantitative estimate of drug-likeness (QED) is 0.286. The fourth-order valence-corrected chi connectivity index (χ4v) is 6.00. The maximum atomic E-state index is 14.1. The summed E-state index contributed by atoms with van der Waals surface area (Å²) < 4.78 is 60.8. The average Bonchev–Trinajstić information content (AvgIpc) is 3.34. The fourth-order valence-electron chi connectivity index (χ4n) is 4.46. The molecule has 0 radical (unpaired) electrons. The number of carboxylic acids is 1. The molecule has 4 aromatic rings. The molecule has 14 heteroatoms. The lowest BCUT2D eigenvalue weighted by Crippen LogP contribution is -2.40. The van der Waals surface area contributed by atoms with Crippen molar-refractivity contribution in [1.29, 1.82) is 0 Å². The van der Waals surface area contributed by atoms with E-state index in [1.54, 1.807) is 18.2 Å². The van der Waals surface area contributed by atoms with Crippen LogP contribution in [0.2, 0.25) is 0 Å². The third kappa shape index (κ3) is 6.21. The Morgan fingerprint density at radius 2 is 1.79 bits per heavy atom. The van der Waals surface area contributed by atoms with Crippen molar-refractivity contribution < 1.29 is 41.7 Å². The highest BCUT2D eigenvalue weighted by molar-refractivity contribution is 7.89. The van der Waals surface area contributed by atoms with Crippen LogP contribution in [-0.4, -0.2) is 72.9 Å². The van der Waals surface area contributed by atoms with E-state index in [4.69, 9.17) is 14.2 Å². The predicted octanol–water partition coefficient (Wildman–Crippen LogP) is 4.09. The van der Waals surface area contributed by atoms with Crippen molar-refractivity contribution >= 4 is 27.6 Å². The SMILES string of the molecule is COc1cccc(C(=O)Nc2ccc(Oc3c(C)c(C(=O)O)nn3-c3cccc(F)c3)c(S(=O)(=O)N3CCOCC3)c2)c1. The number of halogens is 1. The summed E-state index contributed by atoms with van der Waals surface area (Å²) in [6.07, 6.45) is 0. The molecule has 0 spiro atoms. The largest absolute Gasteiger partial charge is 0.497 e. The molecule has 2 heterocycles. The summed E-state index contributed by atoms with van der Waals surface area (Å²) in [5.41, 5.74) is 0.327. The third-order valence-corrected chi connectivity index (χ3v) is 8.57. The number of rotatable bonds is 9. The molecule has 1 saturated heterocycles. The Balaban J connectivity index is 1.59. The van der Waals surface area contributed by atoms with Gasteiger partial charge in [-0.1, -0.05) is 12.1 Å². The smallest absolute Gasteiger partial charge is 0.356 e. The first-order valence-corrected chi connectivity index (χ1v) is 14.5. The van der Waals surface area contributed by atoms with Crippen LogP contribution in [0, 0.1) is 12.7 Å². The number of carbonyl (C=O) groups excluding carboxylic acids is 1. The number of carboxylic acid groups (broad SMARTS) is 1. The second kappa shape index (κ2) is 12.2. The number of anilines is 1. The van der Waals surface area contributed by atoms with Crippen LogP contribution in [0.3, 0.4) is 0 Å². The van der Waals surface area contributed by atoms with Crippen LogP contribution < -0.4 is 14.8 Å². The van der Waals surface area contributed by atoms with Gasteiger partial charge in [-0.15, -0.1) is 0 Å². The fraction of sp³-hybridized carbons (Fsp3) is 0.207. The first-order chi connectivity index (χ1) is 20.6. The van der Waals surface area contributed by atoms with E-state index in [9.17, 15) is 27.5 Å². The van der Waals surface area contributed by atoms with Crippen molar-refractivity contribution in [1.82, 2.24) is 14.1 Å². The second-order valence-corrected chi connectivity index (χ2v) is 11.3. The van der Waals surface area contributed by atoms with Gasteiger partial charge in [0.25, 0.3) is 5.91 Å².